The largest absolute Gasteiger partial charge is 0.394 e. The number of nitrogens with zero attached hydrogens (tertiary/aromatic N) is 2. The summed E-state index contributed by atoms with van der Waals surface area (Å²) in [5.41, 5.74) is 4.02. The molecule has 1 saturated heterocycles. The number of aliphatic hydroxyl groups excluding tert-OH is 2. The van der Waals surface area contributed by atoms with E-state index in [1.165, 1.54) is 21.9 Å². The highest BCUT2D eigenvalue weighted by Crippen LogP contribution is 2.47. The molecule has 3 aromatic carbocycles. The van der Waals surface area contributed by atoms with Gasteiger partial charge in [0.2, 0.25) is 5.91 Å². The van der Waals surface area contributed by atoms with Crippen molar-refractivity contribution in [3.05, 3.63) is 77.4 Å². The second-order valence-electron chi connectivity index (χ2n) is 10.4. The summed E-state index contributed by atoms with van der Waals surface area (Å²) in [6.07, 6.45) is 2.25. The molecular weight excluding hydrogens is 424 g/mol. The molecule has 0 saturated carbocycles. The van der Waals surface area contributed by atoms with E-state index in [9.17, 15) is 15.0 Å². The molecule has 3 atom stereocenters. The van der Waals surface area contributed by atoms with Crippen LogP contribution >= 0.6 is 0 Å². The number of hydrogen-bond donors (Lipinski definition) is 2. The Kier molecular flexibility index (Phi) is 5.25. The number of anilines is 1. The lowest BCUT2D eigenvalue weighted by molar-refractivity contribution is -0.124. The normalized spacial score (nSPS) is 25.8. The van der Waals surface area contributed by atoms with E-state index in [1.807, 2.05) is 36.1 Å². The van der Waals surface area contributed by atoms with Crippen LogP contribution in [0.25, 0.3) is 10.8 Å². The number of rotatable bonds is 5. The van der Waals surface area contributed by atoms with Gasteiger partial charge in [-0.3, -0.25) is 9.69 Å². The van der Waals surface area contributed by atoms with Crippen molar-refractivity contribution in [1.29, 1.82) is 0 Å². The molecule has 0 spiro atoms. The third kappa shape index (κ3) is 3.22. The number of para-hydroxylation sites is 1. The van der Waals surface area contributed by atoms with Crippen LogP contribution in [0.2, 0.25) is 0 Å². The van der Waals surface area contributed by atoms with Crippen molar-refractivity contribution in [2.24, 2.45) is 0 Å². The molecule has 0 bridgehead atoms. The Bertz CT molecular complexity index is 1240. The van der Waals surface area contributed by atoms with E-state index in [1.54, 1.807) is 0 Å². The summed E-state index contributed by atoms with van der Waals surface area (Å²) < 4.78 is 0. The van der Waals surface area contributed by atoms with E-state index in [4.69, 9.17) is 0 Å². The number of fused-ring (bicyclic) bond motifs is 1. The topological polar surface area (TPSA) is 64.0 Å². The molecule has 3 aromatic rings. The summed E-state index contributed by atoms with van der Waals surface area (Å²) in [6, 6.07) is 21.8. The predicted octanol–water partition coefficient (Wildman–Crippen LogP) is 3.95. The lowest BCUT2D eigenvalue weighted by Crippen LogP contribution is -2.50. The van der Waals surface area contributed by atoms with Gasteiger partial charge < -0.3 is 15.1 Å². The summed E-state index contributed by atoms with van der Waals surface area (Å²) in [5, 5.41) is 22.4. The Hall–Kier alpha value is -2.73. The van der Waals surface area contributed by atoms with Crippen LogP contribution in [0.4, 0.5) is 5.69 Å². The van der Waals surface area contributed by atoms with Crippen molar-refractivity contribution in [3.8, 4) is 0 Å². The quantitative estimate of drug-likeness (QED) is 0.610. The minimum atomic E-state index is -0.907. The van der Waals surface area contributed by atoms with Crippen LogP contribution in [0.15, 0.2) is 60.7 Å². The summed E-state index contributed by atoms with van der Waals surface area (Å²) >= 11 is 0. The van der Waals surface area contributed by atoms with Crippen molar-refractivity contribution in [2.75, 3.05) is 24.6 Å². The van der Waals surface area contributed by atoms with Gasteiger partial charge in [0.05, 0.1) is 18.1 Å². The summed E-state index contributed by atoms with van der Waals surface area (Å²) in [4.78, 5) is 18.4. The second-order valence-corrected chi connectivity index (χ2v) is 10.4. The molecular formula is C29H32N2O3. The second kappa shape index (κ2) is 8.19. The highest BCUT2D eigenvalue weighted by Gasteiger charge is 2.50. The van der Waals surface area contributed by atoms with E-state index in [0.717, 1.165) is 43.6 Å². The number of benzene rings is 3. The summed E-state index contributed by atoms with van der Waals surface area (Å²) in [5.74, 6) is 0.0534. The Morgan fingerprint density at radius 2 is 1.76 bits per heavy atom. The molecule has 1 aliphatic carbocycles. The van der Waals surface area contributed by atoms with Crippen molar-refractivity contribution in [3.63, 3.8) is 0 Å². The van der Waals surface area contributed by atoms with Crippen LogP contribution in [0.1, 0.15) is 48.9 Å². The third-order valence-corrected chi connectivity index (χ3v) is 8.40. The van der Waals surface area contributed by atoms with E-state index in [2.05, 4.69) is 41.3 Å². The predicted molar refractivity (Wildman–Crippen MR) is 134 cm³/mol. The number of amides is 1. The number of carbonyl (C=O) groups is 1. The number of aliphatic hydroxyl groups is 2. The van der Waals surface area contributed by atoms with Crippen LogP contribution in [0.3, 0.4) is 0 Å². The van der Waals surface area contributed by atoms with Gasteiger partial charge in [-0.2, -0.15) is 0 Å². The molecule has 0 radical (unpaired) electrons. The first-order valence-electron chi connectivity index (χ1n) is 12.5. The fraction of sp³-hybridized carbons (Fsp3) is 0.414. The minimum Gasteiger partial charge on any atom is -0.394 e. The van der Waals surface area contributed by atoms with Gasteiger partial charge in [-0.1, -0.05) is 54.6 Å². The number of likely N-dealkylation sites (tertiary alicyclic amines) is 1. The lowest BCUT2D eigenvalue weighted by Gasteiger charge is -2.40. The van der Waals surface area contributed by atoms with Gasteiger partial charge in [0.15, 0.2) is 0 Å². The fourth-order valence-electron chi connectivity index (χ4n) is 6.73. The maximum Gasteiger partial charge on any atom is 0.237 e. The number of piperidine rings is 1. The van der Waals surface area contributed by atoms with Crippen molar-refractivity contribution >= 4 is 22.4 Å². The highest BCUT2D eigenvalue weighted by atomic mass is 16.3. The first-order valence-corrected chi connectivity index (χ1v) is 12.5. The molecule has 34 heavy (non-hydrogen) atoms. The van der Waals surface area contributed by atoms with Gasteiger partial charge in [0.1, 0.15) is 0 Å². The van der Waals surface area contributed by atoms with Crippen molar-refractivity contribution in [2.45, 2.75) is 56.2 Å². The number of carbonyl (C=O) groups excluding carboxylic acids is 1. The molecule has 2 heterocycles. The molecule has 5 nitrogen and oxygen atoms in total. The minimum absolute atomic E-state index is 0.0534. The zero-order chi connectivity index (χ0) is 23.4. The Labute approximate surface area is 200 Å². The molecule has 6 rings (SSSR count). The molecule has 176 valence electrons. The molecule has 1 amide bonds. The van der Waals surface area contributed by atoms with E-state index in [0.29, 0.717) is 6.04 Å². The molecule has 0 aromatic heterocycles. The van der Waals surface area contributed by atoms with Crippen LogP contribution in [0, 0.1) is 0 Å². The van der Waals surface area contributed by atoms with Gasteiger partial charge in [0.25, 0.3) is 0 Å². The smallest absolute Gasteiger partial charge is 0.237 e. The SMILES string of the molecule is CC1(CC(O)CO)C(=O)N(C2CCN([C@@H]3Cc4cccc5cccc3c45)CC2)c2ccccc21. The first-order chi connectivity index (χ1) is 16.5. The summed E-state index contributed by atoms with van der Waals surface area (Å²) in [7, 11) is 0. The van der Waals surface area contributed by atoms with E-state index >= 15 is 0 Å². The van der Waals surface area contributed by atoms with Crippen LogP contribution in [0.5, 0.6) is 0 Å². The average molecular weight is 457 g/mol. The highest BCUT2D eigenvalue weighted by molar-refractivity contribution is 6.08. The van der Waals surface area contributed by atoms with Gasteiger partial charge in [-0.05, 0) is 66.1 Å². The molecule has 3 aliphatic rings. The standard InChI is InChI=1S/C29H32N2O3/c1-29(17-22(33)18-32)24-10-2-3-11-25(24)31(28(29)34)21-12-14-30(15-13-21)26-16-20-8-4-6-19-7-5-9-23(26)27(19)20/h2-11,21-22,26,32-33H,12-18H2,1H3/t22?,26-,29?/m1/s1. The molecule has 5 heteroatoms. The zero-order valence-electron chi connectivity index (χ0n) is 19.7. The number of hydrogen-bond acceptors (Lipinski definition) is 4. The average Bonchev–Trinajstić information content (AvgIpc) is 3.34. The zero-order valence-corrected chi connectivity index (χ0v) is 19.7. The Morgan fingerprint density at radius 1 is 1.03 bits per heavy atom. The fourth-order valence-corrected chi connectivity index (χ4v) is 6.73. The maximum atomic E-state index is 13.8. The molecule has 2 unspecified atom stereocenters. The van der Waals surface area contributed by atoms with E-state index in [-0.39, 0.29) is 25.0 Å². The van der Waals surface area contributed by atoms with E-state index < -0.39 is 11.5 Å². The Morgan fingerprint density at radius 3 is 2.53 bits per heavy atom. The van der Waals surface area contributed by atoms with Crippen molar-refractivity contribution in [1.82, 2.24) is 4.90 Å². The molecule has 2 aliphatic heterocycles. The lowest BCUT2D eigenvalue weighted by atomic mass is 9.79. The monoisotopic (exact) mass is 456 g/mol. The third-order valence-electron chi connectivity index (χ3n) is 8.40. The van der Waals surface area contributed by atoms with Crippen LogP contribution in [-0.2, 0) is 16.6 Å². The maximum absolute atomic E-state index is 13.8. The van der Waals surface area contributed by atoms with Gasteiger partial charge in [0, 0.05) is 30.9 Å². The van der Waals surface area contributed by atoms with Crippen LogP contribution in [-0.4, -0.2) is 52.9 Å². The van der Waals surface area contributed by atoms with Gasteiger partial charge >= 0.3 is 0 Å². The van der Waals surface area contributed by atoms with Gasteiger partial charge in [-0.25, -0.2) is 0 Å². The molecule has 1 fully saturated rings. The first kappa shape index (κ1) is 21.8. The Balaban J connectivity index is 1.23. The summed E-state index contributed by atoms with van der Waals surface area (Å²) in [6.45, 7) is 3.50. The van der Waals surface area contributed by atoms with Gasteiger partial charge in [-0.15, -0.1) is 0 Å². The van der Waals surface area contributed by atoms with Crippen LogP contribution < -0.4 is 4.90 Å². The van der Waals surface area contributed by atoms with Crippen molar-refractivity contribution < 1.29 is 15.0 Å². The molecule has 2 N–H and O–H groups in total.